The van der Waals surface area contributed by atoms with Gasteiger partial charge in [-0.2, -0.15) is 0 Å². The van der Waals surface area contributed by atoms with Crippen LogP contribution in [0.3, 0.4) is 0 Å². The molecule has 0 aromatic carbocycles. The second kappa shape index (κ2) is 11.6. The van der Waals surface area contributed by atoms with Gasteiger partial charge in [0.1, 0.15) is 0 Å². The molecule has 3 heteroatoms. The number of rotatable bonds is 10. The monoisotopic (exact) mass is 185 g/mol. The van der Waals surface area contributed by atoms with Crippen molar-refractivity contribution in [3.05, 3.63) is 12.7 Å². The highest BCUT2D eigenvalue weighted by atomic mass is 15.0. The first-order valence-electron chi connectivity index (χ1n) is 5.14. The fourth-order valence-corrected chi connectivity index (χ4v) is 0.984. The summed E-state index contributed by atoms with van der Waals surface area (Å²) in [6.45, 7) is 12.0. The van der Waals surface area contributed by atoms with Gasteiger partial charge in [-0.15, -0.1) is 6.58 Å². The van der Waals surface area contributed by atoms with E-state index >= 15 is 0 Å². The lowest BCUT2D eigenvalue weighted by atomic mass is 10.4. The minimum Gasteiger partial charge on any atom is -0.315 e. The molecule has 0 aromatic rings. The van der Waals surface area contributed by atoms with Crippen molar-refractivity contribution < 1.29 is 0 Å². The summed E-state index contributed by atoms with van der Waals surface area (Å²) in [5.74, 6) is 0. The molecule has 0 unspecified atom stereocenters. The maximum Gasteiger partial charge on any atom is 0.0132 e. The quantitative estimate of drug-likeness (QED) is 0.339. The molecule has 0 bridgehead atoms. The van der Waals surface area contributed by atoms with Crippen LogP contribution in [0.1, 0.15) is 13.3 Å². The van der Waals surface area contributed by atoms with Crippen molar-refractivity contribution in [3.63, 3.8) is 0 Å². The van der Waals surface area contributed by atoms with Crippen LogP contribution < -0.4 is 16.0 Å². The summed E-state index contributed by atoms with van der Waals surface area (Å²) in [5, 5.41) is 9.92. The molecule has 0 rings (SSSR count). The van der Waals surface area contributed by atoms with E-state index in [0.29, 0.717) is 0 Å². The van der Waals surface area contributed by atoms with E-state index in [1.54, 1.807) is 0 Å². The van der Waals surface area contributed by atoms with Crippen molar-refractivity contribution in [2.75, 3.05) is 39.3 Å². The van der Waals surface area contributed by atoms with E-state index in [1.165, 1.54) is 6.42 Å². The molecule has 78 valence electrons. The van der Waals surface area contributed by atoms with Crippen molar-refractivity contribution in [2.24, 2.45) is 0 Å². The molecule has 13 heavy (non-hydrogen) atoms. The van der Waals surface area contributed by atoms with Crippen molar-refractivity contribution >= 4 is 0 Å². The van der Waals surface area contributed by atoms with Crippen LogP contribution in [0.2, 0.25) is 0 Å². The highest BCUT2D eigenvalue weighted by Gasteiger charge is 1.86. The Balaban J connectivity index is 2.79. The zero-order valence-electron chi connectivity index (χ0n) is 8.73. The third-order valence-corrected chi connectivity index (χ3v) is 1.67. The molecular formula is C10H23N3. The minimum absolute atomic E-state index is 0.899. The van der Waals surface area contributed by atoms with E-state index < -0.39 is 0 Å². The van der Waals surface area contributed by atoms with E-state index in [0.717, 1.165) is 39.3 Å². The second-order valence-corrected chi connectivity index (χ2v) is 2.99. The molecule has 0 amide bonds. The maximum absolute atomic E-state index is 3.64. The van der Waals surface area contributed by atoms with Crippen molar-refractivity contribution in [1.82, 2.24) is 16.0 Å². The largest absolute Gasteiger partial charge is 0.315 e. The molecule has 0 atom stereocenters. The van der Waals surface area contributed by atoms with E-state index in [9.17, 15) is 0 Å². The maximum atomic E-state index is 3.64. The Morgan fingerprint density at radius 3 is 2.00 bits per heavy atom. The molecule has 0 saturated carbocycles. The first-order chi connectivity index (χ1) is 6.41. The fourth-order valence-electron chi connectivity index (χ4n) is 0.984. The summed E-state index contributed by atoms with van der Waals surface area (Å²) in [6.07, 6.45) is 3.09. The Labute approximate surface area is 82.0 Å². The second-order valence-electron chi connectivity index (χ2n) is 2.99. The predicted octanol–water partition coefficient (Wildman–Crippen LogP) is 0.351. The standard InChI is InChI=1S/C10H23N3/c1-3-5-11-7-9-13-10-8-12-6-4-2/h3,11-13H,1,4-10H2,2H3. The smallest absolute Gasteiger partial charge is 0.0132 e. The molecular weight excluding hydrogens is 162 g/mol. The van der Waals surface area contributed by atoms with E-state index in [1.807, 2.05) is 6.08 Å². The third kappa shape index (κ3) is 11.6. The lowest BCUT2D eigenvalue weighted by molar-refractivity contribution is 0.590. The average molecular weight is 185 g/mol. The van der Waals surface area contributed by atoms with Gasteiger partial charge in [0.05, 0.1) is 0 Å². The number of hydrogen-bond acceptors (Lipinski definition) is 3. The summed E-state index contributed by atoms with van der Waals surface area (Å²) >= 11 is 0. The molecule has 0 heterocycles. The van der Waals surface area contributed by atoms with Crippen molar-refractivity contribution in [1.29, 1.82) is 0 Å². The molecule has 0 spiro atoms. The molecule has 0 aliphatic rings. The van der Waals surface area contributed by atoms with Gasteiger partial charge in [0.15, 0.2) is 0 Å². The first kappa shape index (κ1) is 12.6. The van der Waals surface area contributed by atoms with Crippen LogP contribution in [0.15, 0.2) is 12.7 Å². The third-order valence-electron chi connectivity index (χ3n) is 1.67. The Morgan fingerprint density at radius 1 is 0.923 bits per heavy atom. The molecule has 0 aliphatic heterocycles. The lowest BCUT2D eigenvalue weighted by Crippen LogP contribution is -2.32. The van der Waals surface area contributed by atoms with Gasteiger partial charge in [-0.05, 0) is 13.0 Å². The van der Waals surface area contributed by atoms with Gasteiger partial charge < -0.3 is 16.0 Å². The molecule has 0 aromatic heterocycles. The van der Waals surface area contributed by atoms with Crippen LogP contribution in [0.4, 0.5) is 0 Å². The van der Waals surface area contributed by atoms with Gasteiger partial charge in [0, 0.05) is 32.7 Å². The van der Waals surface area contributed by atoms with E-state index in [-0.39, 0.29) is 0 Å². The number of hydrogen-bond donors (Lipinski definition) is 3. The zero-order chi connectivity index (χ0) is 9.78. The predicted molar refractivity (Wildman–Crippen MR) is 59.1 cm³/mol. The van der Waals surface area contributed by atoms with Gasteiger partial charge in [0.25, 0.3) is 0 Å². The van der Waals surface area contributed by atoms with Crippen LogP contribution in [-0.4, -0.2) is 39.3 Å². The zero-order valence-corrected chi connectivity index (χ0v) is 8.73. The molecule has 0 aliphatic carbocycles. The van der Waals surface area contributed by atoms with Gasteiger partial charge >= 0.3 is 0 Å². The first-order valence-corrected chi connectivity index (χ1v) is 5.14. The Morgan fingerprint density at radius 2 is 1.46 bits per heavy atom. The summed E-state index contributed by atoms with van der Waals surface area (Å²) in [6, 6.07) is 0. The van der Waals surface area contributed by atoms with Crippen molar-refractivity contribution in [2.45, 2.75) is 13.3 Å². The molecule has 3 N–H and O–H groups in total. The van der Waals surface area contributed by atoms with Crippen LogP contribution >= 0.6 is 0 Å². The Bertz CT molecular complexity index is 104. The van der Waals surface area contributed by atoms with Crippen molar-refractivity contribution in [3.8, 4) is 0 Å². The van der Waals surface area contributed by atoms with Crippen LogP contribution in [0, 0.1) is 0 Å². The highest BCUT2D eigenvalue weighted by Crippen LogP contribution is 1.68. The topological polar surface area (TPSA) is 36.1 Å². The molecule has 3 nitrogen and oxygen atoms in total. The summed E-state index contributed by atoms with van der Waals surface area (Å²) in [5.41, 5.74) is 0. The lowest BCUT2D eigenvalue weighted by Gasteiger charge is -2.05. The summed E-state index contributed by atoms with van der Waals surface area (Å²) < 4.78 is 0. The average Bonchev–Trinajstić information content (AvgIpc) is 2.16. The molecule has 0 radical (unpaired) electrons. The van der Waals surface area contributed by atoms with Gasteiger partial charge in [-0.3, -0.25) is 0 Å². The van der Waals surface area contributed by atoms with E-state index in [2.05, 4.69) is 29.5 Å². The van der Waals surface area contributed by atoms with Crippen LogP contribution in [0.5, 0.6) is 0 Å². The summed E-state index contributed by atoms with van der Waals surface area (Å²) in [4.78, 5) is 0. The van der Waals surface area contributed by atoms with E-state index in [4.69, 9.17) is 0 Å². The SMILES string of the molecule is C=CCNCCNCCNCCC. The number of nitrogens with one attached hydrogen (secondary N) is 3. The Hall–Kier alpha value is -0.380. The molecule has 0 saturated heterocycles. The van der Waals surface area contributed by atoms with Gasteiger partial charge in [0.2, 0.25) is 0 Å². The Kier molecular flexibility index (Phi) is 11.3. The van der Waals surface area contributed by atoms with Gasteiger partial charge in [-0.1, -0.05) is 13.0 Å². The normalized spacial score (nSPS) is 10.2. The van der Waals surface area contributed by atoms with Crippen LogP contribution in [0.25, 0.3) is 0 Å². The van der Waals surface area contributed by atoms with Crippen LogP contribution in [-0.2, 0) is 0 Å². The van der Waals surface area contributed by atoms with Gasteiger partial charge in [-0.25, -0.2) is 0 Å². The minimum atomic E-state index is 0.899. The molecule has 0 fully saturated rings. The fraction of sp³-hybridized carbons (Fsp3) is 0.800. The summed E-state index contributed by atoms with van der Waals surface area (Å²) in [7, 11) is 0. The highest BCUT2D eigenvalue weighted by molar-refractivity contribution is 4.69.